The van der Waals surface area contributed by atoms with Gasteiger partial charge < -0.3 is 4.98 Å². The first-order chi connectivity index (χ1) is 10.6. The van der Waals surface area contributed by atoms with E-state index in [1.54, 1.807) is 0 Å². The first kappa shape index (κ1) is 13.0. The van der Waals surface area contributed by atoms with E-state index in [1.807, 2.05) is 44.4 Å². The molecular formula is C18H16N4. The van der Waals surface area contributed by atoms with Crippen LogP contribution in [0.2, 0.25) is 0 Å². The van der Waals surface area contributed by atoms with Crippen molar-refractivity contribution in [2.45, 2.75) is 20.8 Å². The Kier molecular flexibility index (Phi) is 2.73. The molecule has 0 saturated heterocycles. The Labute approximate surface area is 128 Å². The number of aromatic amines is 1. The summed E-state index contributed by atoms with van der Waals surface area (Å²) in [6.45, 7) is 6.10. The molecule has 0 spiro atoms. The van der Waals surface area contributed by atoms with Gasteiger partial charge >= 0.3 is 0 Å². The maximum Gasteiger partial charge on any atom is 0.138 e. The molecule has 4 nitrogen and oxygen atoms in total. The van der Waals surface area contributed by atoms with E-state index in [-0.39, 0.29) is 0 Å². The van der Waals surface area contributed by atoms with Crippen molar-refractivity contribution in [1.29, 1.82) is 0 Å². The third-order valence-electron chi connectivity index (χ3n) is 4.11. The molecule has 0 atom stereocenters. The van der Waals surface area contributed by atoms with E-state index in [0.29, 0.717) is 0 Å². The van der Waals surface area contributed by atoms with Gasteiger partial charge in [0.2, 0.25) is 0 Å². The second kappa shape index (κ2) is 4.63. The van der Waals surface area contributed by atoms with Crippen LogP contribution in [0.3, 0.4) is 0 Å². The molecule has 0 saturated carbocycles. The fourth-order valence-electron chi connectivity index (χ4n) is 3.05. The van der Waals surface area contributed by atoms with Crippen LogP contribution >= 0.6 is 0 Å². The topological polar surface area (TPSA) is 54.5 Å². The standard InChI is InChI=1S/C18H16N4/c1-10-4-5-15-16(12(3)22-18(15)21-10)17-14-7-8-19-11(2)13(14)6-9-20-17/h4-9H,1-3H3,(H,21,22). The van der Waals surface area contributed by atoms with Gasteiger partial charge in [-0.1, -0.05) is 0 Å². The number of aryl methyl sites for hydroxylation is 3. The highest BCUT2D eigenvalue weighted by Gasteiger charge is 2.15. The van der Waals surface area contributed by atoms with Gasteiger partial charge in [-0.2, -0.15) is 0 Å². The van der Waals surface area contributed by atoms with Gasteiger partial charge in [-0.15, -0.1) is 0 Å². The molecule has 0 aromatic carbocycles. The number of nitrogens with one attached hydrogen (secondary N) is 1. The zero-order valence-electron chi connectivity index (χ0n) is 12.8. The van der Waals surface area contributed by atoms with Crippen LogP contribution in [0.4, 0.5) is 0 Å². The number of aromatic nitrogens is 4. The van der Waals surface area contributed by atoms with Crippen molar-refractivity contribution >= 4 is 21.8 Å². The molecule has 0 radical (unpaired) electrons. The van der Waals surface area contributed by atoms with E-state index in [9.17, 15) is 0 Å². The smallest absolute Gasteiger partial charge is 0.138 e. The zero-order valence-corrected chi connectivity index (χ0v) is 12.8. The van der Waals surface area contributed by atoms with E-state index in [0.717, 1.165) is 50.1 Å². The first-order valence-electron chi connectivity index (χ1n) is 7.32. The zero-order chi connectivity index (χ0) is 15.3. The summed E-state index contributed by atoms with van der Waals surface area (Å²) >= 11 is 0. The van der Waals surface area contributed by atoms with Crippen molar-refractivity contribution in [2.24, 2.45) is 0 Å². The molecule has 4 aromatic heterocycles. The molecule has 108 valence electrons. The second-order valence-corrected chi connectivity index (χ2v) is 5.62. The van der Waals surface area contributed by atoms with Gasteiger partial charge in [0.1, 0.15) is 5.65 Å². The van der Waals surface area contributed by atoms with Gasteiger partial charge in [-0.25, -0.2) is 4.98 Å². The maximum absolute atomic E-state index is 4.65. The Morgan fingerprint density at radius 3 is 2.45 bits per heavy atom. The quantitative estimate of drug-likeness (QED) is 0.573. The SMILES string of the molecule is Cc1ccc2c(-c3nccc4c(C)nccc34)c(C)[nH]c2n1. The Morgan fingerprint density at radius 1 is 0.818 bits per heavy atom. The Hall–Kier alpha value is -2.75. The number of H-pyrrole nitrogens is 1. The van der Waals surface area contributed by atoms with E-state index < -0.39 is 0 Å². The molecule has 0 aliphatic heterocycles. The van der Waals surface area contributed by atoms with Gasteiger partial charge in [-0.05, 0) is 45.0 Å². The summed E-state index contributed by atoms with van der Waals surface area (Å²) < 4.78 is 0. The minimum Gasteiger partial charge on any atom is -0.343 e. The summed E-state index contributed by atoms with van der Waals surface area (Å²) in [5.74, 6) is 0. The highest BCUT2D eigenvalue weighted by atomic mass is 14.9. The molecule has 22 heavy (non-hydrogen) atoms. The normalized spacial score (nSPS) is 11.4. The molecule has 0 aliphatic carbocycles. The van der Waals surface area contributed by atoms with Crippen LogP contribution in [0, 0.1) is 20.8 Å². The van der Waals surface area contributed by atoms with E-state index in [1.165, 1.54) is 0 Å². The highest BCUT2D eigenvalue weighted by molar-refractivity contribution is 6.04. The van der Waals surface area contributed by atoms with Crippen LogP contribution in [0.15, 0.2) is 36.7 Å². The van der Waals surface area contributed by atoms with Crippen LogP contribution in [0.5, 0.6) is 0 Å². The number of pyridine rings is 3. The fourth-order valence-corrected chi connectivity index (χ4v) is 3.05. The molecule has 0 fully saturated rings. The van der Waals surface area contributed by atoms with Crippen LogP contribution in [-0.4, -0.2) is 19.9 Å². The third kappa shape index (κ3) is 1.80. The molecule has 0 unspecified atom stereocenters. The second-order valence-electron chi connectivity index (χ2n) is 5.62. The minimum atomic E-state index is 0.914. The van der Waals surface area contributed by atoms with Crippen LogP contribution < -0.4 is 0 Å². The van der Waals surface area contributed by atoms with E-state index in [4.69, 9.17) is 0 Å². The lowest BCUT2D eigenvalue weighted by Crippen LogP contribution is -1.90. The Bertz CT molecular complexity index is 1010. The summed E-state index contributed by atoms with van der Waals surface area (Å²) in [4.78, 5) is 17.0. The van der Waals surface area contributed by atoms with Crippen LogP contribution in [0.1, 0.15) is 17.1 Å². The van der Waals surface area contributed by atoms with Crippen molar-refractivity contribution in [3.8, 4) is 11.3 Å². The maximum atomic E-state index is 4.65. The number of hydrogen-bond donors (Lipinski definition) is 1. The Balaban J connectivity index is 2.12. The average molecular weight is 288 g/mol. The lowest BCUT2D eigenvalue weighted by Gasteiger charge is -2.07. The van der Waals surface area contributed by atoms with Gasteiger partial charge in [0.15, 0.2) is 0 Å². The predicted molar refractivity (Wildman–Crippen MR) is 88.8 cm³/mol. The molecule has 4 aromatic rings. The van der Waals surface area contributed by atoms with Crippen LogP contribution in [-0.2, 0) is 0 Å². The number of nitrogens with zero attached hydrogens (tertiary/aromatic N) is 3. The van der Waals surface area contributed by atoms with Gasteiger partial charge in [0.25, 0.3) is 0 Å². The lowest BCUT2D eigenvalue weighted by molar-refractivity contribution is 1.19. The van der Waals surface area contributed by atoms with Crippen molar-refractivity contribution in [3.05, 3.63) is 53.7 Å². The van der Waals surface area contributed by atoms with Crippen molar-refractivity contribution in [3.63, 3.8) is 0 Å². The molecule has 0 bridgehead atoms. The van der Waals surface area contributed by atoms with Crippen molar-refractivity contribution in [1.82, 2.24) is 19.9 Å². The lowest BCUT2D eigenvalue weighted by atomic mass is 10.0. The first-order valence-corrected chi connectivity index (χ1v) is 7.32. The molecule has 4 heterocycles. The summed E-state index contributed by atoms with van der Waals surface area (Å²) in [6, 6.07) is 8.21. The summed E-state index contributed by atoms with van der Waals surface area (Å²) in [6.07, 6.45) is 3.70. The molecule has 4 heteroatoms. The van der Waals surface area contributed by atoms with Crippen molar-refractivity contribution < 1.29 is 0 Å². The predicted octanol–water partition coefficient (Wildman–Crippen LogP) is 4.10. The van der Waals surface area contributed by atoms with Crippen molar-refractivity contribution in [2.75, 3.05) is 0 Å². The highest BCUT2D eigenvalue weighted by Crippen LogP contribution is 2.34. The molecule has 0 amide bonds. The number of hydrogen-bond acceptors (Lipinski definition) is 3. The summed E-state index contributed by atoms with van der Waals surface area (Å²) in [5.41, 5.74) is 6.13. The summed E-state index contributed by atoms with van der Waals surface area (Å²) in [5, 5.41) is 3.37. The van der Waals surface area contributed by atoms with Crippen LogP contribution in [0.25, 0.3) is 33.1 Å². The third-order valence-corrected chi connectivity index (χ3v) is 4.11. The van der Waals surface area contributed by atoms with E-state index in [2.05, 4.69) is 32.9 Å². The molecule has 1 N–H and O–H groups in total. The minimum absolute atomic E-state index is 0.914. The van der Waals surface area contributed by atoms with Gasteiger partial charge in [-0.3, -0.25) is 9.97 Å². The van der Waals surface area contributed by atoms with Gasteiger partial charge in [0, 0.05) is 51.2 Å². The van der Waals surface area contributed by atoms with E-state index >= 15 is 0 Å². The fraction of sp³-hybridized carbons (Fsp3) is 0.167. The summed E-state index contributed by atoms with van der Waals surface area (Å²) in [7, 11) is 0. The number of fused-ring (bicyclic) bond motifs is 2. The largest absolute Gasteiger partial charge is 0.343 e. The van der Waals surface area contributed by atoms with Gasteiger partial charge in [0.05, 0.1) is 5.69 Å². The molecular weight excluding hydrogens is 272 g/mol. The average Bonchev–Trinajstić information content (AvgIpc) is 2.82. The monoisotopic (exact) mass is 288 g/mol. The Morgan fingerprint density at radius 2 is 1.59 bits per heavy atom. The molecule has 4 rings (SSSR count). The number of rotatable bonds is 1. The molecule has 0 aliphatic rings.